The number of rotatable bonds is 6. The lowest BCUT2D eigenvalue weighted by atomic mass is 10.2. The van der Waals surface area contributed by atoms with Crippen LogP contribution in [-0.2, 0) is 13.1 Å². The third-order valence-electron chi connectivity index (χ3n) is 2.89. The van der Waals surface area contributed by atoms with Gasteiger partial charge in [-0.25, -0.2) is 4.98 Å². The van der Waals surface area contributed by atoms with Gasteiger partial charge < -0.3 is 5.32 Å². The zero-order valence-electron chi connectivity index (χ0n) is 10.9. The maximum Gasteiger partial charge on any atom is 0.107 e. The first kappa shape index (κ1) is 13.0. The standard InChI is InChI=1S/C14H15N5S/c1-2-4-12(5-3-1)13-11-20-14(17-13)10-15-6-8-19-9-7-16-18-19/h1-5,7,9,11,15H,6,8,10H2. The van der Waals surface area contributed by atoms with Crippen molar-refractivity contribution in [1.82, 2.24) is 25.3 Å². The Balaban J connectivity index is 1.50. The molecule has 20 heavy (non-hydrogen) atoms. The van der Waals surface area contributed by atoms with Crippen molar-refractivity contribution in [3.05, 3.63) is 53.1 Å². The van der Waals surface area contributed by atoms with Crippen LogP contribution >= 0.6 is 11.3 Å². The predicted octanol–water partition coefficient (Wildman–Crippen LogP) is 2.19. The van der Waals surface area contributed by atoms with Gasteiger partial charge in [0.05, 0.1) is 18.4 Å². The molecule has 0 saturated heterocycles. The highest BCUT2D eigenvalue weighted by molar-refractivity contribution is 7.09. The van der Waals surface area contributed by atoms with Crippen LogP contribution in [0.25, 0.3) is 11.3 Å². The lowest BCUT2D eigenvalue weighted by molar-refractivity contribution is 0.540. The maximum atomic E-state index is 4.64. The molecule has 1 aromatic carbocycles. The maximum absolute atomic E-state index is 4.64. The van der Waals surface area contributed by atoms with E-state index in [1.807, 2.05) is 29.1 Å². The van der Waals surface area contributed by atoms with Gasteiger partial charge in [-0.1, -0.05) is 35.5 Å². The van der Waals surface area contributed by atoms with Gasteiger partial charge in [0.2, 0.25) is 0 Å². The minimum absolute atomic E-state index is 0.784. The van der Waals surface area contributed by atoms with E-state index in [-0.39, 0.29) is 0 Å². The SMILES string of the molecule is c1ccc(-c2csc(CNCCn3ccnn3)n2)cc1. The van der Waals surface area contributed by atoms with Crippen molar-refractivity contribution in [3.63, 3.8) is 0 Å². The second-order valence-corrected chi connectivity index (χ2v) is 5.28. The Morgan fingerprint density at radius 2 is 2.10 bits per heavy atom. The first-order chi connectivity index (χ1) is 9.92. The van der Waals surface area contributed by atoms with E-state index in [1.54, 1.807) is 17.5 Å². The summed E-state index contributed by atoms with van der Waals surface area (Å²) in [7, 11) is 0. The molecule has 0 unspecified atom stereocenters. The van der Waals surface area contributed by atoms with Crippen molar-refractivity contribution in [2.45, 2.75) is 13.1 Å². The van der Waals surface area contributed by atoms with Gasteiger partial charge in [-0.15, -0.1) is 16.4 Å². The molecule has 0 atom stereocenters. The van der Waals surface area contributed by atoms with Crippen molar-refractivity contribution in [1.29, 1.82) is 0 Å². The van der Waals surface area contributed by atoms with Crippen molar-refractivity contribution >= 4 is 11.3 Å². The number of thiazole rings is 1. The molecule has 2 heterocycles. The summed E-state index contributed by atoms with van der Waals surface area (Å²) >= 11 is 1.68. The van der Waals surface area contributed by atoms with Gasteiger partial charge in [-0.2, -0.15) is 0 Å². The molecule has 102 valence electrons. The van der Waals surface area contributed by atoms with Crippen molar-refractivity contribution < 1.29 is 0 Å². The number of hydrogen-bond donors (Lipinski definition) is 1. The van der Waals surface area contributed by atoms with Gasteiger partial charge in [0.1, 0.15) is 5.01 Å². The molecule has 0 radical (unpaired) electrons. The lowest BCUT2D eigenvalue weighted by Crippen LogP contribution is -2.19. The van der Waals surface area contributed by atoms with Gasteiger partial charge in [0, 0.05) is 30.2 Å². The Labute approximate surface area is 121 Å². The average molecular weight is 285 g/mol. The molecular weight excluding hydrogens is 270 g/mol. The third-order valence-corrected chi connectivity index (χ3v) is 3.74. The van der Waals surface area contributed by atoms with Crippen molar-refractivity contribution in [3.8, 4) is 11.3 Å². The highest BCUT2D eigenvalue weighted by Gasteiger charge is 2.03. The number of aromatic nitrogens is 4. The molecule has 0 bridgehead atoms. The highest BCUT2D eigenvalue weighted by atomic mass is 32.1. The number of nitrogens with zero attached hydrogens (tertiary/aromatic N) is 4. The molecule has 5 nitrogen and oxygen atoms in total. The quantitative estimate of drug-likeness (QED) is 0.705. The van der Waals surface area contributed by atoms with E-state index in [1.165, 1.54) is 0 Å². The largest absolute Gasteiger partial charge is 0.309 e. The fourth-order valence-corrected chi connectivity index (χ4v) is 2.65. The lowest BCUT2D eigenvalue weighted by Gasteiger charge is -2.02. The van der Waals surface area contributed by atoms with E-state index < -0.39 is 0 Å². The molecule has 3 aromatic rings. The molecule has 0 aliphatic heterocycles. The summed E-state index contributed by atoms with van der Waals surface area (Å²) in [4.78, 5) is 4.64. The topological polar surface area (TPSA) is 55.6 Å². The molecule has 0 aliphatic rings. The zero-order valence-corrected chi connectivity index (χ0v) is 11.8. The molecule has 0 amide bonds. The van der Waals surface area contributed by atoms with Gasteiger partial charge >= 0.3 is 0 Å². The van der Waals surface area contributed by atoms with Crippen LogP contribution in [0.1, 0.15) is 5.01 Å². The van der Waals surface area contributed by atoms with Gasteiger partial charge in [-0.05, 0) is 0 Å². The smallest absolute Gasteiger partial charge is 0.107 e. The summed E-state index contributed by atoms with van der Waals surface area (Å²) in [5.41, 5.74) is 2.21. The van der Waals surface area contributed by atoms with Gasteiger partial charge in [0.25, 0.3) is 0 Å². The molecule has 3 rings (SSSR count). The Morgan fingerprint density at radius 1 is 1.20 bits per heavy atom. The molecule has 0 fully saturated rings. The van der Waals surface area contributed by atoms with E-state index in [0.29, 0.717) is 0 Å². The average Bonchev–Trinajstić information content (AvgIpc) is 3.16. The summed E-state index contributed by atoms with van der Waals surface area (Å²) < 4.78 is 1.81. The molecule has 1 N–H and O–H groups in total. The fraction of sp³-hybridized carbons (Fsp3) is 0.214. The molecule has 0 saturated carbocycles. The number of nitrogens with one attached hydrogen (secondary N) is 1. The van der Waals surface area contributed by atoms with Crippen LogP contribution in [0.4, 0.5) is 0 Å². The van der Waals surface area contributed by atoms with E-state index >= 15 is 0 Å². The Bertz CT molecular complexity index is 633. The third kappa shape index (κ3) is 3.28. The summed E-state index contributed by atoms with van der Waals surface area (Å²) in [5.74, 6) is 0. The van der Waals surface area contributed by atoms with Crippen LogP contribution < -0.4 is 5.32 Å². The summed E-state index contributed by atoms with van der Waals surface area (Å²) in [6, 6.07) is 10.2. The molecule has 0 spiro atoms. The second-order valence-electron chi connectivity index (χ2n) is 4.34. The summed E-state index contributed by atoms with van der Waals surface area (Å²) in [5, 5.41) is 14.3. The summed E-state index contributed by atoms with van der Waals surface area (Å²) in [6.45, 7) is 2.45. The summed E-state index contributed by atoms with van der Waals surface area (Å²) in [6.07, 6.45) is 3.55. The van der Waals surface area contributed by atoms with E-state index in [0.717, 1.165) is 35.9 Å². The van der Waals surface area contributed by atoms with Crippen LogP contribution in [0, 0.1) is 0 Å². The Morgan fingerprint density at radius 3 is 2.90 bits per heavy atom. The van der Waals surface area contributed by atoms with E-state index in [9.17, 15) is 0 Å². The van der Waals surface area contributed by atoms with E-state index in [4.69, 9.17) is 0 Å². The minimum Gasteiger partial charge on any atom is -0.309 e. The predicted molar refractivity (Wildman–Crippen MR) is 79.3 cm³/mol. The monoisotopic (exact) mass is 285 g/mol. The fourth-order valence-electron chi connectivity index (χ4n) is 1.87. The first-order valence-corrected chi connectivity index (χ1v) is 7.34. The van der Waals surface area contributed by atoms with Crippen LogP contribution in [0.15, 0.2) is 48.1 Å². The van der Waals surface area contributed by atoms with Crippen LogP contribution in [-0.4, -0.2) is 26.5 Å². The first-order valence-electron chi connectivity index (χ1n) is 6.46. The van der Waals surface area contributed by atoms with Gasteiger partial charge in [0.15, 0.2) is 0 Å². The van der Waals surface area contributed by atoms with E-state index in [2.05, 4.69) is 38.1 Å². The van der Waals surface area contributed by atoms with Crippen molar-refractivity contribution in [2.24, 2.45) is 0 Å². The Kier molecular flexibility index (Phi) is 4.15. The minimum atomic E-state index is 0.784. The second kappa shape index (κ2) is 6.40. The molecule has 0 aliphatic carbocycles. The highest BCUT2D eigenvalue weighted by Crippen LogP contribution is 2.21. The molecule has 2 aromatic heterocycles. The van der Waals surface area contributed by atoms with Gasteiger partial charge in [-0.3, -0.25) is 4.68 Å². The van der Waals surface area contributed by atoms with Crippen molar-refractivity contribution in [2.75, 3.05) is 6.54 Å². The number of hydrogen-bond acceptors (Lipinski definition) is 5. The molecule has 6 heteroatoms. The Hall–Kier alpha value is -2.05. The van der Waals surface area contributed by atoms with Crippen LogP contribution in [0.2, 0.25) is 0 Å². The van der Waals surface area contributed by atoms with Crippen LogP contribution in [0.5, 0.6) is 0 Å². The normalized spacial score (nSPS) is 10.8. The zero-order chi connectivity index (χ0) is 13.6. The molecular formula is C14H15N5S. The number of benzene rings is 1. The van der Waals surface area contributed by atoms with Crippen LogP contribution in [0.3, 0.4) is 0 Å².